The molecule has 0 nitrogen and oxygen atoms in total. The lowest BCUT2D eigenvalue weighted by Gasteiger charge is -2.11. The van der Waals surface area contributed by atoms with Crippen molar-refractivity contribution in [3.8, 4) is 11.1 Å². The second kappa shape index (κ2) is 6.60. The van der Waals surface area contributed by atoms with Crippen LogP contribution in [0.25, 0.3) is 11.1 Å². The van der Waals surface area contributed by atoms with Crippen LogP contribution in [-0.2, 0) is 6.42 Å². The summed E-state index contributed by atoms with van der Waals surface area (Å²) in [6.45, 7) is 0. The lowest BCUT2D eigenvalue weighted by molar-refractivity contribution is 0.920. The number of rotatable bonds is 4. The van der Waals surface area contributed by atoms with Gasteiger partial charge in [0.05, 0.1) is 5.38 Å². The fraction of sp³-hybridized carbons (Fsp3) is 0.100. The normalized spacial score (nSPS) is 12.0. The standard InChI is InChI=1S/C20H17Cl/c21-20(15-16-7-3-1-4-8-16)19-13-11-18(12-14-19)17-9-5-2-6-10-17/h1-14,20H,15H2. The van der Waals surface area contributed by atoms with Gasteiger partial charge in [0.1, 0.15) is 0 Å². The Morgan fingerprint density at radius 1 is 0.619 bits per heavy atom. The number of hydrogen-bond donors (Lipinski definition) is 0. The molecule has 104 valence electrons. The number of benzene rings is 3. The van der Waals surface area contributed by atoms with E-state index in [4.69, 9.17) is 11.6 Å². The molecule has 0 N–H and O–H groups in total. The van der Waals surface area contributed by atoms with Gasteiger partial charge in [-0.05, 0) is 28.7 Å². The molecule has 1 atom stereocenters. The first-order valence-electron chi connectivity index (χ1n) is 7.16. The van der Waals surface area contributed by atoms with Crippen molar-refractivity contribution in [2.75, 3.05) is 0 Å². The monoisotopic (exact) mass is 292 g/mol. The van der Waals surface area contributed by atoms with Crippen molar-refractivity contribution in [1.29, 1.82) is 0 Å². The topological polar surface area (TPSA) is 0 Å². The van der Waals surface area contributed by atoms with Gasteiger partial charge in [0.25, 0.3) is 0 Å². The summed E-state index contributed by atoms with van der Waals surface area (Å²) in [6, 6.07) is 29.3. The molecular formula is C20H17Cl. The van der Waals surface area contributed by atoms with Crippen LogP contribution in [0.1, 0.15) is 16.5 Å². The van der Waals surface area contributed by atoms with Crippen LogP contribution in [0, 0.1) is 0 Å². The minimum Gasteiger partial charge on any atom is -0.117 e. The highest BCUT2D eigenvalue weighted by molar-refractivity contribution is 6.20. The average Bonchev–Trinajstić information content (AvgIpc) is 2.57. The van der Waals surface area contributed by atoms with Crippen LogP contribution in [0.3, 0.4) is 0 Å². The summed E-state index contributed by atoms with van der Waals surface area (Å²) in [5, 5.41) is 0.0113. The number of halogens is 1. The third-order valence-corrected chi connectivity index (χ3v) is 4.04. The van der Waals surface area contributed by atoms with E-state index < -0.39 is 0 Å². The van der Waals surface area contributed by atoms with Crippen molar-refractivity contribution in [3.05, 3.63) is 96.1 Å². The van der Waals surface area contributed by atoms with Crippen LogP contribution >= 0.6 is 11.6 Å². The zero-order chi connectivity index (χ0) is 14.5. The van der Waals surface area contributed by atoms with E-state index in [0.717, 1.165) is 6.42 Å². The van der Waals surface area contributed by atoms with Crippen molar-refractivity contribution >= 4 is 11.6 Å². The second-order valence-electron chi connectivity index (χ2n) is 5.15. The summed E-state index contributed by atoms with van der Waals surface area (Å²) in [5.41, 5.74) is 4.89. The summed E-state index contributed by atoms with van der Waals surface area (Å²) >= 11 is 6.54. The molecule has 0 aliphatic heterocycles. The lowest BCUT2D eigenvalue weighted by atomic mass is 10.00. The van der Waals surface area contributed by atoms with Gasteiger partial charge in [-0.3, -0.25) is 0 Å². The predicted octanol–water partition coefficient (Wildman–Crippen LogP) is 5.88. The highest BCUT2D eigenvalue weighted by Crippen LogP contribution is 2.27. The van der Waals surface area contributed by atoms with Crippen LogP contribution < -0.4 is 0 Å². The van der Waals surface area contributed by atoms with Crippen LogP contribution in [0.15, 0.2) is 84.9 Å². The zero-order valence-electron chi connectivity index (χ0n) is 11.7. The van der Waals surface area contributed by atoms with E-state index in [1.54, 1.807) is 0 Å². The van der Waals surface area contributed by atoms with Crippen LogP contribution in [0.4, 0.5) is 0 Å². The van der Waals surface area contributed by atoms with Gasteiger partial charge in [0, 0.05) is 0 Å². The smallest absolute Gasteiger partial charge is 0.0625 e. The highest BCUT2D eigenvalue weighted by Gasteiger charge is 2.09. The van der Waals surface area contributed by atoms with E-state index in [1.807, 2.05) is 12.1 Å². The molecule has 0 aliphatic rings. The van der Waals surface area contributed by atoms with E-state index in [9.17, 15) is 0 Å². The molecule has 1 heteroatoms. The highest BCUT2D eigenvalue weighted by atomic mass is 35.5. The molecule has 0 aliphatic carbocycles. The largest absolute Gasteiger partial charge is 0.117 e. The van der Waals surface area contributed by atoms with Crippen LogP contribution in [-0.4, -0.2) is 0 Å². The van der Waals surface area contributed by atoms with Crippen LogP contribution in [0.5, 0.6) is 0 Å². The molecule has 3 aromatic carbocycles. The lowest BCUT2D eigenvalue weighted by Crippen LogP contribution is -1.95. The summed E-state index contributed by atoms with van der Waals surface area (Å²) in [6.07, 6.45) is 0.854. The maximum Gasteiger partial charge on any atom is 0.0625 e. The minimum atomic E-state index is 0.0113. The first-order valence-corrected chi connectivity index (χ1v) is 7.60. The quantitative estimate of drug-likeness (QED) is 0.527. The third-order valence-electron chi connectivity index (χ3n) is 3.64. The molecule has 0 heterocycles. The first kappa shape index (κ1) is 13.9. The van der Waals surface area contributed by atoms with Crippen LogP contribution in [0.2, 0.25) is 0 Å². The Morgan fingerprint density at radius 2 is 1.14 bits per heavy atom. The summed E-state index contributed by atoms with van der Waals surface area (Å²) in [4.78, 5) is 0. The zero-order valence-corrected chi connectivity index (χ0v) is 12.5. The molecule has 21 heavy (non-hydrogen) atoms. The molecule has 0 fully saturated rings. The van der Waals surface area contributed by atoms with E-state index in [-0.39, 0.29) is 5.38 Å². The molecule has 3 aromatic rings. The van der Waals surface area contributed by atoms with Crippen molar-refractivity contribution in [2.45, 2.75) is 11.8 Å². The Balaban J connectivity index is 1.75. The van der Waals surface area contributed by atoms with Crippen molar-refractivity contribution in [1.82, 2.24) is 0 Å². The minimum absolute atomic E-state index is 0.0113. The Bertz CT molecular complexity index is 672. The predicted molar refractivity (Wildman–Crippen MR) is 90.6 cm³/mol. The summed E-state index contributed by atoms with van der Waals surface area (Å²) in [7, 11) is 0. The Morgan fingerprint density at radius 3 is 1.76 bits per heavy atom. The van der Waals surface area contributed by atoms with Gasteiger partial charge < -0.3 is 0 Å². The second-order valence-corrected chi connectivity index (χ2v) is 5.67. The third kappa shape index (κ3) is 3.53. The van der Waals surface area contributed by atoms with E-state index in [0.29, 0.717) is 0 Å². The molecular weight excluding hydrogens is 276 g/mol. The molecule has 3 rings (SSSR count). The van der Waals surface area contributed by atoms with E-state index in [1.165, 1.54) is 22.3 Å². The number of alkyl halides is 1. The fourth-order valence-electron chi connectivity index (χ4n) is 2.45. The maximum absolute atomic E-state index is 6.54. The fourth-order valence-corrected chi connectivity index (χ4v) is 2.78. The first-order chi connectivity index (χ1) is 10.3. The van der Waals surface area contributed by atoms with Gasteiger partial charge in [-0.1, -0.05) is 84.9 Å². The summed E-state index contributed by atoms with van der Waals surface area (Å²) in [5.74, 6) is 0. The molecule has 0 saturated carbocycles. The van der Waals surface area contributed by atoms with E-state index >= 15 is 0 Å². The van der Waals surface area contributed by atoms with Gasteiger partial charge in [-0.15, -0.1) is 11.6 Å². The molecule has 0 bridgehead atoms. The maximum atomic E-state index is 6.54. The van der Waals surface area contributed by atoms with Gasteiger partial charge in [-0.25, -0.2) is 0 Å². The number of hydrogen-bond acceptors (Lipinski definition) is 0. The molecule has 0 spiro atoms. The Hall–Kier alpha value is -2.05. The van der Waals surface area contributed by atoms with Crippen molar-refractivity contribution in [2.24, 2.45) is 0 Å². The molecule has 0 amide bonds. The molecule has 0 saturated heterocycles. The molecule has 0 radical (unpaired) electrons. The Labute approximate surface area is 131 Å². The average molecular weight is 293 g/mol. The van der Waals surface area contributed by atoms with Gasteiger partial charge in [0.2, 0.25) is 0 Å². The Kier molecular flexibility index (Phi) is 4.37. The van der Waals surface area contributed by atoms with Crippen molar-refractivity contribution in [3.63, 3.8) is 0 Å². The van der Waals surface area contributed by atoms with Gasteiger partial charge in [0.15, 0.2) is 0 Å². The van der Waals surface area contributed by atoms with Gasteiger partial charge >= 0.3 is 0 Å². The molecule has 1 unspecified atom stereocenters. The SMILES string of the molecule is ClC(Cc1ccccc1)c1ccc(-c2ccccc2)cc1. The van der Waals surface area contributed by atoms with Gasteiger partial charge in [-0.2, -0.15) is 0 Å². The molecule has 0 aromatic heterocycles. The van der Waals surface area contributed by atoms with Crippen molar-refractivity contribution < 1.29 is 0 Å². The summed E-state index contributed by atoms with van der Waals surface area (Å²) < 4.78 is 0. The van der Waals surface area contributed by atoms with E-state index in [2.05, 4.69) is 72.8 Å².